The van der Waals surface area contributed by atoms with Gasteiger partial charge in [0.15, 0.2) is 0 Å². The van der Waals surface area contributed by atoms with Gasteiger partial charge in [0.05, 0.1) is 25.4 Å². The monoisotopic (exact) mass is 644 g/mol. The number of carbonyl (C=O) groups is 7. The summed E-state index contributed by atoms with van der Waals surface area (Å²) >= 11 is 0. The van der Waals surface area contributed by atoms with E-state index >= 15 is 0 Å². The summed E-state index contributed by atoms with van der Waals surface area (Å²) in [5.74, 6) is -6.59. The zero-order valence-corrected chi connectivity index (χ0v) is 26.3. The summed E-state index contributed by atoms with van der Waals surface area (Å²) in [7, 11) is 0. The molecule has 3 aromatic carbocycles. The first-order valence-corrected chi connectivity index (χ1v) is 15.2. The van der Waals surface area contributed by atoms with Crippen molar-refractivity contribution in [2.75, 3.05) is 6.54 Å². The lowest BCUT2D eigenvalue weighted by atomic mass is 9.94. The lowest BCUT2D eigenvalue weighted by Gasteiger charge is -2.25. The first-order chi connectivity index (χ1) is 22.4. The minimum atomic E-state index is -1.40. The number of hydrogen-bond acceptors (Lipinski definition) is 7. The van der Waals surface area contributed by atoms with Crippen LogP contribution in [0.15, 0.2) is 72.8 Å². The van der Waals surface area contributed by atoms with Crippen molar-refractivity contribution >= 4 is 52.0 Å². The summed E-state index contributed by atoms with van der Waals surface area (Å²) < 4.78 is 0. The standard InChI is InChI=1S/C34H40N6O7/c1-3-20(2)30(40-33(46)26(18-27(35)41)39-28(42)17-21-9-5-4-6-10-21)31(44)34(47)37-19-29(43)38-25(32(36)45)16-22-13-14-23-11-7-8-12-24(23)15-22/h4-15,20,25-26,30H,3,16-19H2,1-2H3,(H2,35,41)(H2,36,45)(H,37,47)(H,38,43)(H,39,42)(H,40,46). The van der Waals surface area contributed by atoms with Crippen LogP contribution in [0.3, 0.4) is 0 Å². The van der Waals surface area contributed by atoms with E-state index in [0.717, 1.165) is 16.3 Å². The SMILES string of the molecule is CCC(C)C(NC(=O)C(CC(N)=O)NC(=O)Cc1ccccc1)C(=O)C(=O)NCC(=O)NC(Cc1ccc2ccccc2c1)C(N)=O. The summed E-state index contributed by atoms with van der Waals surface area (Å²) in [6.45, 7) is 2.72. The first-order valence-electron chi connectivity index (χ1n) is 15.2. The predicted molar refractivity (Wildman–Crippen MR) is 174 cm³/mol. The maximum Gasteiger partial charge on any atom is 0.290 e. The molecule has 0 bridgehead atoms. The van der Waals surface area contributed by atoms with Crippen LogP contribution < -0.4 is 32.7 Å². The Kier molecular flexibility index (Phi) is 13.1. The maximum atomic E-state index is 13.2. The van der Waals surface area contributed by atoms with Gasteiger partial charge in [-0.2, -0.15) is 0 Å². The third-order valence-corrected chi connectivity index (χ3v) is 7.62. The maximum absolute atomic E-state index is 13.2. The number of nitrogens with one attached hydrogen (secondary N) is 4. The van der Waals surface area contributed by atoms with Crippen LogP contribution in [0.4, 0.5) is 0 Å². The van der Waals surface area contributed by atoms with Crippen LogP contribution in [0.5, 0.6) is 0 Å². The van der Waals surface area contributed by atoms with Gasteiger partial charge >= 0.3 is 0 Å². The van der Waals surface area contributed by atoms with Gasteiger partial charge in [-0.1, -0.05) is 93.1 Å². The average Bonchev–Trinajstić information content (AvgIpc) is 3.04. The molecule has 0 aliphatic rings. The highest BCUT2D eigenvalue weighted by molar-refractivity contribution is 6.38. The smallest absolute Gasteiger partial charge is 0.290 e. The molecule has 0 fully saturated rings. The molecule has 4 unspecified atom stereocenters. The van der Waals surface area contributed by atoms with Crippen molar-refractivity contribution in [2.24, 2.45) is 17.4 Å². The van der Waals surface area contributed by atoms with Gasteiger partial charge in [0.1, 0.15) is 12.1 Å². The van der Waals surface area contributed by atoms with Gasteiger partial charge in [-0.3, -0.25) is 33.6 Å². The van der Waals surface area contributed by atoms with Crippen LogP contribution in [-0.4, -0.2) is 65.9 Å². The predicted octanol–water partition coefficient (Wildman–Crippen LogP) is 0.172. The normalized spacial score (nSPS) is 13.3. The molecule has 47 heavy (non-hydrogen) atoms. The average molecular weight is 645 g/mol. The Morgan fingerprint density at radius 2 is 1.36 bits per heavy atom. The second-order valence-electron chi connectivity index (χ2n) is 11.3. The second kappa shape index (κ2) is 17.2. The highest BCUT2D eigenvalue weighted by Gasteiger charge is 2.34. The molecule has 0 spiro atoms. The van der Waals surface area contributed by atoms with E-state index in [4.69, 9.17) is 11.5 Å². The number of hydrogen-bond donors (Lipinski definition) is 6. The number of nitrogens with two attached hydrogens (primary N) is 2. The molecule has 6 amide bonds. The van der Waals surface area contributed by atoms with Gasteiger partial charge in [-0.05, 0) is 27.8 Å². The summed E-state index contributed by atoms with van der Waals surface area (Å²) in [4.78, 5) is 88.2. The van der Waals surface area contributed by atoms with Crippen molar-refractivity contribution in [3.8, 4) is 0 Å². The van der Waals surface area contributed by atoms with Crippen LogP contribution >= 0.6 is 0 Å². The van der Waals surface area contributed by atoms with E-state index in [1.807, 2.05) is 42.5 Å². The van der Waals surface area contributed by atoms with Crippen LogP contribution in [0, 0.1) is 5.92 Å². The van der Waals surface area contributed by atoms with Gasteiger partial charge < -0.3 is 32.7 Å². The Morgan fingerprint density at radius 1 is 0.723 bits per heavy atom. The van der Waals surface area contributed by atoms with Gasteiger partial charge in [0.25, 0.3) is 5.91 Å². The number of primary amides is 2. The zero-order valence-electron chi connectivity index (χ0n) is 26.3. The second-order valence-corrected chi connectivity index (χ2v) is 11.3. The van der Waals surface area contributed by atoms with Gasteiger partial charge in [0.2, 0.25) is 35.3 Å². The first kappa shape index (κ1) is 35.9. The summed E-state index contributed by atoms with van der Waals surface area (Å²) in [6.07, 6.45) is -0.129. The molecule has 3 aromatic rings. The number of rotatable bonds is 17. The van der Waals surface area contributed by atoms with E-state index in [1.54, 1.807) is 44.2 Å². The summed E-state index contributed by atoms with van der Waals surface area (Å²) in [6, 6.07) is 18.1. The molecule has 4 atom stereocenters. The Labute approximate surface area is 272 Å². The van der Waals surface area contributed by atoms with Crippen LogP contribution in [0.25, 0.3) is 10.8 Å². The van der Waals surface area contributed by atoms with E-state index in [9.17, 15) is 33.6 Å². The molecule has 248 valence electrons. The van der Waals surface area contributed by atoms with Crippen molar-refractivity contribution in [1.29, 1.82) is 0 Å². The molecule has 13 nitrogen and oxygen atoms in total. The molecule has 0 aromatic heterocycles. The number of benzene rings is 3. The van der Waals surface area contributed by atoms with Crippen LogP contribution in [0.1, 0.15) is 37.8 Å². The lowest BCUT2D eigenvalue weighted by Crippen LogP contribution is -2.57. The van der Waals surface area contributed by atoms with Gasteiger partial charge in [-0.25, -0.2) is 0 Å². The number of ketones is 1. The minimum Gasteiger partial charge on any atom is -0.370 e. The molecule has 0 saturated carbocycles. The molecule has 8 N–H and O–H groups in total. The van der Waals surface area contributed by atoms with Crippen molar-refractivity contribution in [2.45, 2.75) is 57.7 Å². The van der Waals surface area contributed by atoms with E-state index < -0.39 is 78.2 Å². The van der Waals surface area contributed by atoms with Crippen molar-refractivity contribution in [3.05, 3.63) is 83.9 Å². The van der Waals surface area contributed by atoms with Crippen molar-refractivity contribution in [1.82, 2.24) is 21.3 Å². The van der Waals surface area contributed by atoms with Crippen molar-refractivity contribution in [3.63, 3.8) is 0 Å². The number of fused-ring (bicyclic) bond motifs is 1. The zero-order chi connectivity index (χ0) is 34.5. The highest BCUT2D eigenvalue weighted by atomic mass is 16.2. The Balaban J connectivity index is 1.61. The third kappa shape index (κ3) is 11.1. The molecule has 0 heterocycles. The number of Topliss-reactive ketones (excluding diaryl/α,β-unsaturated/α-hetero) is 1. The molecule has 3 rings (SSSR count). The van der Waals surface area contributed by atoms with Crippen LogP contribution in [-0.2, 0) is 46.4 Å². The fourth-order valence-corrected chi connectivity index (χ4v) is 4.85. The molecular formula is C34H40N6O7. The fourth-order valence-electron chi connectivity index (χ4n) is 4.85. The minimum absolute atomic E-state index is 0.0690. The topological polar surface area (TPSA) is 220 Å². The molecule has 0 saturated heterocycles. The summed E-state index contributed by atoms with van der Waals surface area (Å²) in [5, 5.41) is 11.6. The third-order valence-electron chi connectivity index (χ3n) is 7.62. The molecular weight excluding hydrogens is 604 g/mol. The molecule has 0 aliphatic carbocycles. The Hall–Kier alpha value is -5.59. The Morgan fingerprint density at radius 3 is 2.00 bits per heavy atom. The van der Waals surface area contributed by atoms with E-state index in [2.05, 4.69) is 21.3 Å². The summed E-state index contributed by atoms with van der Waals surface area (Å²) in [5.41, 5.74) is 12.2. The molecule has 0 aliphatic heterocycles. The van der Waals surface area contributed by atoms with E-state index in [-0.39, 0.29) is 12.8 Å². The number of carbonyl (C=O) groups excluding carboxylic acids is 7. The van der Waals surface area contributed by atoms with E-state index in [0.29, 0.717) is 12.0 Å². The molecule has 0 radical (unpaired) electrons. The van der Waals surface area contributed by atoms with Crippen LogP contribution in [0.2, 0.25) is 0 Å². The lowest BCUT2D eigenvalue weighted by molar-refractivity contribution is -0.142. The Bertz CT molecular complexity index is 1630. The highest BCUT2D eigenvalue weighted by Crippen LogP contribution is 2.17. The van der Waals surface area contributed by atoms with E-state index in [1.165, 1.54) is 0 Å². The van der Waals surface area contributed by atoms with Gasteiger partial charge in [0, 0.05) is 6.42 Å². The number of amides is 6. The fraction of sp³-hybridized carbons (Fsp3) is 0.324. The largest absolute Gasteiger partial charge is 0.370 e. The quantitative estimate of drug-likeness (QED) is 0.112. The van der Waals surface area contributed by atoms with Gasteiger partial charge in [-0.15, -0.1) is 0 Å². The molecule has 13 heteroatoms. The van der Waals surface area contributed by atoms with Crippen molar-refractivity contribution < 1.29 is 33.6 Å².